The molecule has 1 aromatic rings. The van der Waals surface area contributed by atoms with E-state index in [1.807, 2.05) is 13.8 Å². The summed E-state index contributed by atoms with van der Waals surface area (Å²) in [4.78, 5) is 22.2. The molecule has 3 N–H and O–H groups in total. The number of nitro benzene ring substituents is 1. The second kappa shape index (κ2) is 7.98. The van der Waals surface area contributed by atoms with Crippen LogP contribution in [0.25, 0.3) is 0 Å². The summed E-state index contributed by atoms with van der Waals surface area (Å²) in [7, 11) is 0. The van der Waals surface area contributed by atoms with Gasteiger partial charge in [-0.3, -0.25) is 14.9 Å². The normalized spacial score (nSPS) is 9.90. The summed E-state index contributed by atoms with van der Waals surface area (Å²) in [6.45, 7) is 5.01. The molecule has 0 bridgehead atoms. The van der Waals surface area contributed by atoms with Crippen molar-refractivity contribution < 1.29 is 9.72 Å². The number of hydrogen-bond acceptors (Lipinski definition) is 5. The Kier molecular flexibility index (Phi) is 6.28. The summed E-state index contributed by atoms with van der Waals surface area (Å²) in [6, 6.07) is 4.94. The first-order valence-corrected chi connectivity index (χ1v) is 6.62. The highest BCUT2D eigenvalue weighted by Gasteiger charge is 2.19. The van der Waals surface area contributed by atoms with E-state index in [0.29, 0.717) is 24.5 Å². The number of nitro groups is 1. The topological polar surface area (TPSA) is 96.3 Å². The molecule has 7 nitrogen and oxygen atoms in total. The third-order valence-electron chi connectivity index (χ3n) is 2.60. The number of rotatable bonds is 8. The summed E-state index contributed by atoms with van der Waals surface area (Å²) < 4.78 is 0. The molecule has 0 unspecified atom stereocenters. The summed E-state index contributed by atoms with van der Waals surface area (Å²) >= 11 is 0. The molecule has 0 aliphatic rings. The summed E-state index contributed by atoms with van der Waals surface area (Å²) in [5, 5.41) is 19.6. The Morgan fingerprint density at radius 1 is 1.25 bits per heavy atom. The van der Waals surface area contributed by atoms with Crippen LogP contribution in [0, 0.1) is 10.1 Å². The predicted molar refractivity (Wildman–Crippen MR) is 79.1 cm³/mol. The standard InChI is InChI=1S/C13H20N4O3/c1-3-8-15-12(18)9-16-11-7-5-6-10(14-4-2)13(11)17(19)20/h5-7,14,16H,3-4,8-9H2,1-2H3,(H,15,18). The molecular weight excluding hydrogens is 260 g/mol. The van der Waals surface area contributed by atoms with E-state index in [1.165, 1.54) is 0 Å². The van der Waals surface area contributed by atoms with Crippen molar-refractivity contribution in [1.82, 2.24) is 5.32 Å². The molecule has 0 radical (unpaired) electrons. The van der Waals surface area contributed by atoms with Crippen molar-refractivity contribution in [2.45, 2.75) is 20.3 Å². The van der Waals surface area contributed by atoms with Crippen LogP contribution in [0.15, 0.2) is 18.2 Å². The van der Waals surface area contributed by atoms with E-state index in [-0.39, 0.29) is 18.1 Å². The molecule has 0 aromatic heterocycles. The second-order valence-electron chi connectivity index (χ2n) is 4.19. The van der Waals surface area contributed by atoms with Gasteiger partial charge in [0.25, 0.3) is 0 Å². The number of carbonyl (C=O) groups excluding carboxylic acids is 1. The van der Waals surface area contributed by atoms with Gasteiger partial charge in [-0.15, -0.1) is 0 Å². The first kappa shape index (κ1) is 15.7. The first-order chi connectivity index (χ1) is 9.60. The van der Waals surface area contributed by atoms with Gasteiger partial charge in [0.2, 0.25) is 5.91 Å². The number of nitrogens with zero attached hydrogens (tertiary/aromatic N) is 1. The Balaban J connectivity index is 2.81. The lowest BCUT2D eigenvalue weighted by Crippen LogP contribution is -2.30. The van der Waals surface area contributed by atoms with E-state index in [4.69, 9.17) is 0 Å². The predicted octanol–water partition coefficient (Wildman–Crippen LogP) is 1.96. The van der Waals surface area contributed by atoms with Crippen molar-refractivity contribution in [3.63, 3.8) is 0 Å². The minimum absolute atomic E-state index is 0.0103. The highest BCUT2D eigenvalue weighted by Crippen LogP contribution is 2.32. The Morgan fingerprint density at radius 2 is 1.90 bits per heavy atom. The summed E-state index contributed by atoms with van der Waals surface area (Å²) in [5.41, 5.74) is 0.731. The van der Waals surface area contributed by atoms with E-state index >= 15 is 0 Å². The molecule has 0 aliphatic heterocycles. The van der Waals surface area contributed by atoms with Gasteiger partial charge in [0.1, 0.15) is 11.4 Å². The molecule has 1 rings (SSSR count). The molecule has 7 heteroatoms. The van der Waals surface area contributed by atoms with Gasteiger partial charge in [-0.2, -0.15) is 0 Å². The van der Waals surface area contributed by atoms with Crippen molar-refractivity contribution in [3.8, 4) is 0 Å². The van der Waals surface area contributed by atoms with Crippen LogP contribution in [0.1, 0.15) is 20.3 Å². The van der Waals surface area contributed by atoms with Crippen LogP contribution in [-0.4, -0.2) is 30.5 Å². The molecule has 0 saturated heterocycles. The maximum Gasteiger partial charge on any atom is 0.315 e. The molecule has 1 aromatic carbocycles. The molecule has 20 heavy (non-hydrogen) atoms. The number of carbonyl (C=O) groups is 1. The number of amides is 1. The fraction of sp³-hybridized carbons (Fsp3) is 0.462. The number of anilines is 2. The third-order valence-corrected chi connectivity index (χ3v) is 2.60. The van der Waals surface area contributed by atoms with Crippen molar-refractivity contribution in [2.75, 3.05) is 30.3 Å². The lowest BCUT2D eigenvalue weighted by atomic mass is 10.2. The van der Waals surface area contributed by atoms with Gasteiger partial charge < -0.3 is 16.0 Å². The second-order valence-corrected chi connectivity index (χ2v) is 4.19. The average Bonchev–Trinajstić information content (AvgIpc) is 2.43. The van der Waals surface area contributed by atoms with E-state index < -0.39 is 4.92 Å². The number of para-hydroxylation sites is 1. The molecule has 0 aliphatic carbocycles. The molecule has 0 spiro atoms. The maximum absolute atomic E-state index is 11.5. The zero-order valence-corrected chi connectivity index (χ0v) is 11.7. The molecule has 1 amide bonds. The van der Waals surface area contributed by atoms with Crippen LogP contribution in [0.4, 0.5) is 17.1 Å². The minimum atomic E-state index is -0.454. The van der Waals surface area contributed by atoms with Gasteiger partial charge in [-0.05, 0) is 25.5 Å². The van der Waals surface area contributed by atoms with Crippen LogP contribution < -0.4 is 16.0 Å². The van der Waals surface area contributed by atoms with E-state index in [2.05, 4.69) is 16.0 Å². The smallest absolute Gasteiger partial charge is 0.315 e. The van der Waals surface area contributed by atoms with Crippen molar-refractivity contribution in [1.29, 1.82) is 0 Å². The van der Waals surface area contributed by atoms with Gasteiger partial charge in [-0.1, -0.05) is 13.0 Å². The maximum atomic E-state index is 11.5. The van der Waals surface area contributed by atoms with Gasteiger partial charge in [-0.25, -0.2) is 0 Å². The molecule has 0 atom stereocenters. The SMILES string of the molecule is CCCNC(=O)CNc1cccc(NCC)c1[N+](=O)[O-]. The van der Waals surface area contributed by atoms with E-state index in [1.54, 1.807) is 18.2 Å². The third kappa shape index (κ3) is 4.42. The molecule has 0 fully saturated rings. The van der Waals surface area contributed by atoms with Crippen LogP contribution in [-0.2, 0) is 4.79 Å². The van der Waals surface area contributed by atoms with Gasteiger partial charge >= 0.3 is 5.69 Å². The Hall–Kier alpha value is -2.31. The molecule has 0 saturated carbocycles. The van der Waals surface area contributed by atoms with Crippen molar-refractivity contribution in [2.24, 2.45) is 0 Å². The van der Waals surface area contributed by atoms with Crippen molar-refractivity contribution >= 4 is 23.0 Å². The fourth-order valence-electron chi connectivity index (χ4n) is 1.72. The highest BCUT2D eigenvalue weighted by atomic mass is 16.6. The number of hydrogen-bond donors (Lipinski definition) is 3. The van der Waals surface area contributed by atoms with Crippen LogP contribution in [0.5, 0.6) is 0 Å². The monoisotopic (exact) mass is 280 g/mol. The first-order valence-electron chi connectivity index (χ1n) is 6.62. The fourth-order valence-corrected chi connectivity index (χ4v) is 1.72. The quantitative estimate of drug-likeness (QED) is 0.499. The molecular formula is C13H20N4O3. The summed E-state index contributed by atoms with van der Waals surface area (Å²) in [5.74, 6) is -0.185. The largest absolute Gasteiger partial charge is 0.380 e. The molecule has 0 heterocycles. The van der Waals surface area contributed by atoms with E-state index in [9.17, 15) is 14.9 Å². The number of benzene rings is 1. The van der Waals surface area contributed by atoms with Gasteiger partial charge in [0.05, 0.1) is 11.5 Å². The highest BCUT2D eigenvalue weighted by molar-refractivity contribution is 5.83. The lowest BCUT2D eigenvalue weighted by Gasteiger charge is -2.10. The zero-order valence-electron chi connectivity index (χ0n) is 11.7. The summed E-state index contributed by atoms with van der Waals surface area (Å²) in [6.07, 6.45) is 0.849. The van der Waals surface area contributed by atoms with Crippen LogP contribution in [0.3, 0.4) is 0 Å². The zero-order chi connectivity index (χ0) is 15.0. The van der Waals surface area contributed by atoms with Crippen LogP contribution >= 0.6 is 0 Å². The van der Waals surface area contributed by atoms with E-state index in [0.717, 1.165) is 6.42 Å². The molecule has 110 valence electrons. The average molecular weight is 280 g/mol. The van der Waals surface area contributed by atoms with Crippen molar-refractivity contribution in [3.05, 3.63) is 28.3 Å². The Morgan fingerprint density at radius 3 is 2.45 bits per heavy atom. The Labute approximate surface area is 117 Å². The number of nitrogens with one attached hydrogen (secondary N) is 3. The van der Waals surface area contributed by atoms with Gasteiger partial charge in [0, 0.05) is 13.1 Å². The Bertz CT molecular complexity index is 477. The lowest BCUT2D eigenvalue weighted by molar-refractivity contribution is -0.383. The van der Waals surface area contributed by atoms with Crippen LogP contribution in [0.2, 0.25) is 0 Å². The van der Waals surface area contributed by atoms with Gasteiger partial charge in [0.15, 0.2) is 0 Å². The minimum Gasteiger partial charge on any atom is -0.380 e.